The first kappa shape index (κ1) is 12.8. The molecule has 2 aromatic carbocycles. The van der Waals surface area contributed by atoms with Crippen molar-refractivity contribution in [2.75, 3.05) is 18.5 Å². The van der Waals surface area contributed by atoms with Crippen molar-refractivity contribution in [3.63, 3.8) is 0 Å². The molecule has 5 heteroatoms. The number of benzene rings is 2. The van der Waals surface area contributed by atoms with E-state index in [0.29, 0.717) is 18.8 Å². The van der Waals surface area contributed by atoms with Gasteiger partial charge in [0.05, 0.1) is 5.69 Å². The number of azide groups is 1. The zero-order chi connectivity index (χ0) is 13.3. The Bertz CT molecular complexity index is 565. The Kier molecular flexibility index (Phi) is 4.67. The molecule has 0 radical (unpaired) electrons. The lowest BCUT2D eigenvalue weighted by Crippen LogP contribution is -2.11. The molecule has 2 aromatic rings. The van der Waals surface area contributed by atoms with Crippen LogP contribution in [0.4, 0.5) is 11.4 Å². The minimum Gasteiger partial charge on any atom is -0.492 e. The van der Waals surface area contributed by atoms with Crippen LogP contribution in [0.15, 0.2) is 59.7 Å². The molecule has 0 aliphatic carbocycles. The maximum atomic E-state index is 8.47. The Morgan fingerprint density at radius 2 is 1.79 bits per heavy atom. The highest BCUT2D eigenvalue weighted by atomic mass is 16.5. The largest absolute Gasteiger partial charge is 0.492 e. The van der Waals surface area contributed by atoms with E-state index in [4.69, 9.17) is 10.3 Å². The molecule has 0 aromatic heterocycles. The maximum Gasteiger partial charge on any atom is 0.119 e. The SMILES string of the molecule is [N-]=[N+]=Nc1ccccc1NCCOc1ccccc1. The van der Waals surface area contributed by atoms with Gasteiger partial charge in [0.1, 0.15) is 12.4 Å². The van der Waals surface area contributed by atoms with Crippen LogP contribution in [0.2, 0.25) is 0 Å². The molecule has 0 heterocycles. The van der Waals surface area contributed by atoms with Crippen LogP contribution in [0, 0.1) is 0 Å². The third-order valence-electron chi connectivity index (χ3n) is 2.49. The second-order valence-corrected chi connectivity index (χ2v) is 3.79. The van der Waals surface area contributed by atoms with Crippen LogP contribution in [0.25, 0.3) is 10.4 Å². The number of nitrogens with one attached hydrogen (secondary N) is 1. The molecule has 0 aliphatic heterocycles. The van der Waals surface area contributed by atoms with Gasteiger partial charge in [-0.25, -0.2) is 0 Å². The lowest BCUT2D eigenvalue weighted by molar-refractivity contribution is 0.333. The van der Waals surface area contributed by atoms with Gasteiger partial charge in [-0.1, -0.05) is 41.5 Å². The summed E-state index contributed by atoms with van der Waals surface area (Å²) in [5.74, 6) is 0.840. The van der Waals surface area contributed by atoms with Crippen LogP contribution in [-0.4, -0.2) is 13.2 Å². The van der Waals surface area contributed by atoms with Gasteiger partial charge >= 0.3 is 0 Å². The first-order valence-corrected chi connectivity index (χ1v) is 5.96. The van der Waals surface area contributed by atoms with E-state index in [1.54, 1.807) is 6.07 Å². The molecule has 0 amide bonds. The van der Waals surface area contributed by atoms with Crippen LogP contribution in [0.1, 0.15) is 0 Å². The Hall–Kier alpha value is -2.65. The molecular weight excluding hydrogens is 240 g/mol. The average Bonchev–Trinajstić information content (AvgIpc) is 2.47. The van der Waals surface area contributed by atoms with Crippen molar-refractivity contribution in [3.8, 4) is 5.75 Å². The summed E-state index contributed by atoms with van der Waals surface area (Å²) in [6.45, 7) is 1.17. The summed E-state index contributed by atoms with van der Waals surface area (Å²) in [5.41, 5.74) is 9.86. The smallest absolute Gasteiger partial charge is 0.119 e. The predicted octanol–water partition coefficient (Wildman–Crippen LogP) is 4.12. The van der Waals surface area contributed by atoms with Crippen LogP contribution in [-0.2, 0) is 0 Å². The molecule has 1 N–H and O–H groups in total. The van der Waals surface area contributed by atoms with Gasteiger partial charge < -0.3 is 10.1 Å². The summed E-state index contributed by atoms with van der Waals surface area (Å²) in [6.07, 6.45) is 0. The van der Waals surface area contributed by atoms with Crippen molar-refractivity contribution in [3.05, 3.63) is 65.0 Å². The van der Waals surface area contributed by atoms with Crippen molar-refractivity contribution >= 4 is 11.4 Å². The van der Waals surface area contributed by atoms with E-state index < -0.39 is 0 Å². The maximum absolute atomic E-state index is 8.47. The number of nitrogens with zero attached hydrogens (tertiary/aromatic N) is 3. The second-order valence-electron chi connectivity index (χ2n) is 3.79. The highest BCUT2D eigenvalue weighted by Crippen LogP contribution is 2.23. The van der Waals surface area contributed by atoms with E-state index >= 15 is 0 Å². The zero-order valence-corrected chi connectivity index (χ0v) is 10.4. The van der Waals surface area contributed by atoms with Gasteiger partial charge in [-0.2, -0.15) is 0 Å². The number of para-hydroxylation sites is 2. The number of hydrogen-bond acceptors (Lipinski definition) is 3. The van der Waals surface area contributed by atoms with Crippen LogP contribution in [0.3, 0.4) is 0 Å². The summed E-state index contributed by atoms with van der Waals surface area (Å²) in [7, 11) is 0. The molecule has 0 atom stereocenters. The summed E-state index contributed by atoms with van der Waals surface area (Å²) >= 11 is 0. The first-order chi connectivity index (χ1) is 9.40. The molecule has 0 unspecified atom stereocenters. The second kappa shape index (κ2) is 6.93. The molecule has 2 rings (SSSR count). The van der Waals surface area contributed by atoms with E-state index in [1.165, 1.54) is 0 Å². The molecule has 5 nitrogen and oxygen atoms in total. The van der Waals surface area contributed by atoms with Crippen molar-refractivity contribution < 1.29 is 4.74 Å². The highest BCUT2D eigenvalue weighted by molar-refractivity contribution is 5.64. The summed E-state index contributed by atoms with van der Waals surface area (Å²) < 4.78 is 5.56. The first-order valence-electron chi connectivity index (χ1n) is 5.96. The van der Waals surface area contributed by atoms with Gasteiger partial charge in [0, 0.05) is 17.1 Å². The predicted molar refractivity (Wildman–Crippen MR) is 75.7 cm³/mol. The fourth-order valence-corrected chi connectivity index (χ4v) is 1.63. The van der Waals surface area contributed by atoms with E-state index in [-0.39, 0.29) is 0 Å². The van der Waals surface area contributed by atoms with Gasteiger partial charge in [-0.15, -0.1) is 0 Å². The summed E-state index contributed by atoms with van der Waals surface area (Å²) in [6, 6.07) is 17.0. The molecule has 0 fully saturated rings. The van der Waals surface area contributed by atoms with Crippen molar-refractivity contribution in [1.29, 1.82) is 0 Å². The van der Waals surface area contributed by atoms with Gasteiger partial charge in [0.2, 0.25) is 0 Å². The minimum absolute atomic E-state index is 0.536. The van der Waals surface area contributed by atoms with Crippen LogP contribution in [0.5, 0.6) is 5.75 Å². The Balaban J connectivity index is 1.84. The topological polar surface area (TPSA) is 70.0 Å². The monoisotopic (exact) mass is 254 g/mol. The van der Waals surface area contributed by atoms with E-state index in [1.807, 2.05) is 48.5 Å². The number of rotatable bonds is 6. The number of anilines is 1. The van der Waals surface area contributed by atoms with Gasteiger partial charge in [0.15, 0.2) is 0 Å². The van der Waals surface area contributed by atoms with Gasteiger partial charge in [-0.3, -0.25) is 0 Å². The zero-order valence-electron chi connectivity index (χ0n) is 10.4. The normalized spacial score (nSPS) is 9.47. The Labute approximate surface area is 111 Å². The molecule has 0 bridgehead atoms. The fraction of sp³-hybridized carbons (Fsp3) is 0.143. The fourth-order valence-electron chi connectivity index (χ4n) is 1.63. The van der Waals surface area contributed by atoms with E-state index in [2.05, 4.69) is 15.3 Å². The standard InChI is InChI=1S/C14H14N4O/c15-18-17-14-9-5-4-8-13(14)16-10-11-19-12-6-2-1-3-7-12/h1-9,16H,10-11H2. The molecule has 19 heavy (non-hydrogen) atoms. The number of ether oxygens (including phenoxy) is 1. The highest BCUT2D eigenvalue weighted by Gasteiger charge is 1.98. The van der Waals surface area contributed by atoms with Crippen molar-refractivity contribution in [2.24, 2.45) is 5.11 Å². The molecular formula is C14H14N4O. The molecule has 0 aliphatic rings. The molecule has 0 spiro atoms. The third kappa shape index (κ3) is 3.94. The minimum atomic E-state index is 0.536. The van der Waals surface area contributed by atoms with Crippen molar-refractivity contribution in [1.82, 2.24) is 0 Å². The van der Waals surface area contributed by atoms with Crippen molar-refractivity contribution in [2.45, 2.75) is 0 Å². The molecule has 0 saturated heterocycles. The molecule has 96 valence electrons. The quantitative estimate of drug-likeness (QED) is 0.364. The lowest BCUT2D eigenvalue weighted by atomic mass is 10.3. The lowest BCUT2D eigenvalue weighted by Gasteiger charge is -2.10. The van der Waals surface area contributed by atoms with E-state index in [9.17, 15) is 0 Å². The van der Waals surface area contributed by atoms with Gasteiger partial charge in [-0.05, 0) is 23.7 Å². The Morgan fingerprint density at radius 3 is 2.58 bits per heavy atom. The molecule has 0 saturated carbocycles. The van der Waals surface area contributed by atoms with Crippen LogP contribution >= 0.6 is 0 Å². The Morgan fingerprint density at radius 1 is 1.05 bits per heavy atom. The number of hydrogen-bond donors (Lipinski definition) is 1. The third-order valence-corrected chi connectivity index (χ3v) is 2.49. The van der Waals surface area contributed by atoms with Gasteiger partial charge in [0.25, 0.3) is 0 Å². The summed E-state index contributed by atoms with van der Waals surface area (Å²) in [4.78, 5) is 2.80. The van der Waals surface area contributed by atoms with E-state index in [0.717, 1.165) is 11.4 Å². The van der Waals surface area contributed by atoms with Crippen LogP contribution < -0.4 is 10.1 Å². The average molecular weight is 254 g/mol. The summed E-state index contributed by atoms with van der Waals surface area (Å²) in [5, 5.41) is 6.80.